The lowest BCUT2D eigenvalue weighted by Crippen LogP contribution is -2.38. The lowest BCUT2D eigenvalue weighted by atomic mass is 10.0. The van der Waals surface area contributed by atoms with Crippen LogP contribution in [0.4, 0.5) is 4.39 Å². The quantitative estimate of drug-likeness (QED) is 0.377. The number of nitrogens with one attached hydrogen (secondary N) is 1. The van der Waals surface area contributed by atoms with Crippen molar-refractivity contribution in [1.29, 1.82) is 0 Å². The Kier molecular flexibility index (Phi) is 5.52. The summed E-state index contributed by atoms with van der Waals surface area (Å²) in [6, 6.07) is 9.17. The molecule has 0 atom stereocenters. The molecule has 0 aliphatic carbocycles. The molecule has 1 N–H and O–H groups in total. The number of methoxy groups -OCH3 is 1. The molecule has 6 rings (SSSR count). The second-order valence-corrected chi connectivity index (χ2v) is 9.10. The second kappa shape index (κ2) is 8.87. The molecule has 4 aromatic heterocycles. The van der Waals surface area contributed by atoms with E-state index < -0.39 is 5.63 Å². The summed E-state index contributed by atoms with van der Waals surface area (Å²) < 4.78 is 26.1. The first-order chi connectivity index (χ1) is 17.5. The third kappa shape index (κ3) is 3.93. The predicted molar refractivity (Wildman–Crippen MR) is 133 cm³/mol. The number of rotatable bonds is 5. The number of halogens is 1. The van der Waals surface area contributed by atoms with E-state index in [0.717, 1.165) is 38.2 Å². The normalized spacial score (nSPS) is 15.3. The number of nitrogens with zero attached hydrogens (tertiary/aromatic N) is 4. The maximum atomic E-state index is 13.8. The summed E-state index contributed by atoms with van der Waals surface area (Å²) in [5, 5.41) is 0.977. The van der Waals surface area contributed by atoms with Gasteiger partial charge in [-0.1, -0.05) is 0 Å². The number of benzene rings is 1. The average Bonchev–Trinajstić information content (AvgIpc) is 3.33. The van der Waals surface area contributed by atoms with Crippen molar-refractivity contribution in [3.8, 4) is 5.88 Å². The first-order valence-electron chi connectivity index (χ1n) is 11.9. The molecule has 10 heteroatoms. The van der Waals surface area contributed by atoms with E-state index in [1.165, 1.54) is 31.4 Å². The van der Waals surface area contributed by atoms with E-state index in [4.69, 9.17) is 9.15 Å². The highest BCUT2D eigenvalue weighted by Gasteiger charge is 2.23. The summed E-state index contributed by atoms with van der Waals surface area (Å²) in [4.78, 5) is 39.6. The molecule has 0 bridgehead atoms. The number of aromatic amines is 1. The van der Waals surface area contributed by atoms with Gasteiger partial charge in [-0.25, -0.2) is 14.2 Å². The summed E-state index contributed by atoms with van der Waals surface area (Å²) in [7, 11) is 1.53. The minimum Gasteiger partial charge on any atom is -0.480 e. The third-order valence-electron chi connectivity index (χ3n) is 6.94. The highest BCUT2D eigenvalue weighted by Crippen LogP contribution is 2.26. The number of aromatic nitrogens is 4. The van der Waals surface area contributed by atoms with Gasteiger partial charge >= 0.3 is 5.63 Å². The summed E-state index contributed by atoms with van der Waals surface area (Å²) >= 11 is 0. The molecule has 36 heavy (non-hydrogen) atoms. The lowest BCUT2D eigenvalue weighted by molar-refractivity contribution is 0.188. The molecule has 1 aliphatic rings. The van der Waals surface area contributed by atoms with E-state index in [0.29, 0.717) is 45.3 Å². The van der Waals surface area contributed by atoms with Gasteiger partial charge in [-0.05, 0) is 43.2 Å². The van der Waals surface area contributed by atoms with E-state index in [2.05, 4.69) is 19.9 Å². The Labute approximate surface area is 204 Å². The van der Waals surface area contributed by atoms with Gasteiger partial charge in [0, 0.05) is 49.2 Å². The molecule has 1 saturated heterocycles. The van der Waals surface area contributed by atoms with Crippen LogP contribution in [0.1, 0.15) is 24.6 Å². The molecule has 184 valence electrons. The van der Waals surface area contributed by atoms with Crippen LogP contribution in [0.2, 0.25) is 0 Å². The van der Waals surface area contributed by atoms with Crippen LogP contribution in [0.15, 0.2) is 56.6 Å². The van der Waals surface area contributed by atoms with E-state index >= 15 is 0 Å². The van der Waals surface area contributed by atoms with Crippen LogP contribution in [0, 0.1) is 5.82 Å². The zero-order valence-electron chi connectivity index (χ0n) is 19.7. The maximum Gasteiger partial charge on any atom is 0.345 e. The fourth-order valence-corrected chi connectivity index (χ4v) is 5.09. The Morgan fingerprint density at radius 2 is 1.97 bits per heavy atom. The molecule has 0 amide bonds. The van der Waals surface area contributed by atoms with Crippen molar-refractivity contribution in [2.45, 2.75) is 25.3 Å². The van der Waals surface area contributed by atoms with Crippen LogP contribution in [-0.2, 0) is 6.42 Å². The van der Waals surface area contributed by atoms with Gasteiger partial charge < -0.3 is 19.0 Å². The van der Waals surface area contributed by atoms with E-state index in [1.54, 1.807) is 22.9 Å². The highest BCUT2D eigenvalue weighted by atomic mass is 19.1. The van der Waals surface area contributed by atoms with Gasteiger partial charge in [0.25, 0.3) is 5.56 Å². The summed E-state index contributed by atoms with van der Waals surface area (Å²) in [6.07, 6.45) is 3.86. The van der Waals surface area contributed by atoms with Crippen LogP contribution in [-0.4, -0.2) is 51.2 Å². The average molecular weight is 490 g/mol. The van der Waals surface area contributed by atoms with Crippen molar-refractivity contribution >= 4 is 33.0 Å². The molecule has 0 saturated carbocycles. The summed E-state index contributed by atoms with van der Waals surface area (Å²) in [6.45, 7) is 2.43. The van der Waals surface area contributed by atoms with E-state index in [1.807, 2.05) is 0 Å². The van der Waals surface area contributed by atoms with Gasteiger partial charge in [-0.15, -0.1) is 0 Å². The molecule has 5 aromatic rings. The van der Waals surface area contributed by atoms with Gasteiger partial charge in [0.15, 0.2) is 5.65 Å². The number of hydrogen-bond acceptors (Lipinski definition) is 7. The summed E-state index contributed by atoms with van der Waals surface area (Å²) in [5.41, 5.74) is 2.52. The third-order valence-corrected chi connectivity index (χ3v) is 6.94. The smallest absolute Gasteiger partial charge is 0.345 e. The number of likely N-dealkylation sites (tertiary alicyclic amines) is 1. The molecule has 0 unspecified atom stereocenters. The fraction of sp³-hybridized carbons (Fsp3) is 0.308. The lowest BCUT2D eigenvalue weighted by Gasteiger charge is -2.33. The molecule has 1 fully saturated rings. The molecule has 0 radical (unpaired) electrons. The van der Waals surface area contributed by atoms with Crippen molar-refractivity contribution in [2.75, 3.05) is 26.7 Å². The van der Waals surface area contributed by atoms with E-state index in [-0.39, 0.29) is 17.4 Å². The van der Waals surface area contributed by atoms with E-state index in [9.17, 15) is 14.0 Å². The molecular weight excluding hydrogens is 465 g/mol. The van der Waals surface area contributed by atoms with Crippen molar-refractivity contribution in [2.24, 2.45) is 0 Å². The van der Waals surface area contributed by atoms with Crippen LogP contribution in [0.25, 0.3) is 33.0 Å². The minimum atomic E-state index is -0.437. The number of H-pyrrole nitrogens is 1. The highest BCUT2D eigenvalue weighted by molar-refractivity contribution is 6.02. The van der Waals surface area contributed by atoms with Crippen molar-refractivity contribution in [3.05, 3.63) is 74.9 Å². The van der Waals surface area contributed by atoms with Crippen LogP contribution < -0.4 is 15.9 Å². The number of fused-ring (bicyclic) bond motifs is 4. The minimum absolute atomic E-state index is 0.0258. The SMILES string of the molecule is COc1cnc2ccc(=O)n(C3CCN(CCc4cc5c(=O)oc6ccc(F)cc6c5[nH]4)CC3)c2n1. The molecule has 1 aliphatic heterocycles. The predicted octanol–water partition coefficient (Wildman–Crippen LogP) is 3.41. The Morgan fingerprint density at radius 3 is 2.78 bits per heavy atom. The zero-order chi connectivity index (χ0) is 24.8. The van der Waals surface area contributed by atoms with Gasteiger partial charge in [0.05, 0.1) is 24.2 Å². The maximum absolute atomic E-state index is 13.8. The monoisotopic (exact) mass is 489 g/mol. The number of hydrogen-bond donors (Lipinski definition) is 1. The summed E-state index contributed by atoms with van der Waals surface area (Å²) in [5.74, 6) is -0.00595. The molecular formula is C26H24FN5O4. The molecule has 5 heterocycles. The first-order valence-corrected chi connectivity index (χ1v) is 11.9. The van der Waals surface area contributed by atoms with Gasteiger partial charge in [0.2, 0.25) is 5.88 Å². The van der Waals surface area contributed by atoms with Crippen molar-refractivity contribution < 1.29 is 13.5 Å². The Morgan fingerprint density at radius 1 is 1.14 bits per heavy atom. The Balaban J connectivity index is 1.18. The number of piperidine rings is 1. The van der Waals surface area contributed by atoms with Crippen molar-refractivity contribution in [3.63, 3.8) is 0 Å². The largest absolute Gasteiger partial charge is 0.480 e. The van der Waals surface area contributed by atoms with Crippen LogP contribution in [0.3, 0.4) is 0 Å². The molecule has 0 spiro atoms. The number of ether oxygens (including phenoxy) is 1. The number of pyridine rings is 1. The van der Waals surface area contributed by atoms with Crippen LogP contribution in [0.5, 0.6) is 5.88 Å². The van der Waals surface area contributed by atoms with Gasteiger partial charge in [0.1, 0.15) is 16.9 Å². The molecule has 1 aromatic carbocycles. The molecule has 9 nitrogen and oxygen atoms in total. The second-order valence-electron chi connectivity index (χ2n) is 9.10. The van der Waals surface area contributed by atoms with Crippen LogP contribution >= 0.6 is 0 Å². The topological polar surface area (TPSA) is 106 Å². The Hall–Kier alpha value is -4.05. The van der Waals surface area contributed by atoms with Gasteiger partial charge in [-0.3, -0.25) is 9.36 Å². The first kappa shape index (κ1) is 22.4. The fourth-order valence-electron chi connectivity index (χ4n) is 5.09. The van der Waals surface area contributed by atoms with Gasteiger partial charge in [-0.2, -0.15) is 4.98 Å². The zero-order valence-corrected chi connectivity index (χ0v) is 19.7. The van der Waals surface area contributed by atoms with Crippen molar-refractivity contribution in [1.82, 2.24) is 24.4 Å². The Bertz CT molecular complexity index is 1720. The standard InChI is InChI=1S/C26H24FN5O4/c1-35-22-14-28-20-3-5-23(33)32(25(20)30-22)17-7-10-31(11-8-17)9-6-16-13-19-24(29-16)18-12-15(27)2-4-21(18)36-26(19)34/h2-5,12-14,17,29H,6-11H2,1H3.